The monoisotopic (exact) mass is 488 g/mol. The summed E-state index contributed by atoms with van der Waals surface area (Å²) in [6, 6.07) is 19.0. The molecule has 164 valence electrons. The van der Waals surface area contributed by atoms with E-state index in [2.05, 4.69) is 5.32 Å². The first-order valence-electron chi connectivity index (χ1n) is 10.3. The first-order chi connectivity index (χ1) is 15.4. The number of benzene rings is 3. The number of nitrogens with one attached hydrogen (secondary N) is 1. The van der Waals surface area contributed by atoms with Gasteiger partial charge in [-0.05, 0) is 59.9 Å². The maximum atomic E-state index is 13.6. The summed E-state index contributed by atoms with van der Waals surface area (Å²) >= 11 is 14.8. The molecule has 32 heavy (non-hydrogen) atoms. The second-order valence-electron chi connectivity index (χ2n) is 8.16. The number of thioether (sulfide) groups is 1. The highest BCUT2D eigenvalue weighted by molar-refractivity contribution is 8.00. The average molecular weight is 489 g/mol. The summed E-state index contributed by atoms with van der Waals surface area (Å²) < 4.78 is 13.6. The van der Waals surface area contributed by atoms with Crippen LogP contribution in [0.5, 0.6) is 0 Å². The van der Waals surface area contributed by atoms with Crippen molar-refractivity contribution in [2.45, 2.75) is 33.9 Å². The van der Waals surface area contributed by atoms with Crippen molar-refractivity contribution in [3.8, 4) is 0 Å². The molecule has 0 bridgehead atoms. The first kappa shape index (κ1) is 21.6. The molecule has 5 rings (SSSR count). The summed E-state index contributed by atoms with van der Waals surface area (Å²) in [5, 5.41) is 15.5. The van der Waals surface area contributed by atoms with Crippen LogP contribution >= 0.6 is 35.0 Å². The standard InChI is InChI=1S/C24H19Cl2FN2O2S/c25-14-7-10-18-16(11-14)22-17(24(28-18)13-5-8-15(27)9-6-13)12-21(23(22)26)32-20-4-2-1-3-19(20)29(30)31/h1-11,17,21-24,28H,12H2/t17-,21+,22+,23-,24-/m0/s1. The minimum atomic E-state index is -0.356. The number of hydrogen-bond donors (Lipinski definition) is 1. The van der Waals surface area contributed by atoms with Gasteiger partial charge in [0.25, 0.3) is 5.69 Å². The Labute approximate surface area is 199 Å². The van der Waals surface area contributed by atoms with Crippen LogP contribution in [0.25, 0.3) is 0 Å². The highest BCUT2D eigenvalue weighted by Crippen LogP contribution is 2.58. The van der Waals surface area contributed by atoms with E-state index >= 15 is 0 Å². The highest BCUT2D eigenvalue weighted by Gasteiger charge is 2.50. The number of nitro groups is 1. The van der Waals surface area contributed by atoms with Gasteiger partial charge < -0.3 is 5.32 Å². The molecular formula is C24H19Cl2FN2O2S. The van der Waals surface area contributed by atoms with Crippen molar-refractivity contribution in [3.05, 3.63) is 98.8 Å². The summed E-state index contributed by atoms with van der Waals surface area (Å²) in [5.74, 6) is -0.129. The van der Waals surface area contributed by atoms with Crippen LogP contribution in [0.4, 0.5) is 15.8 Å². The van der Waals surface area contributed by atoms with E-state index in [4.69, 9.17) is 23.2 Å². The molecule has 1 saturated carbocycles. The maximum Gasteiger partial charge on any atom is 0.282 e. The van der Waals surface area contributed by atoms with E-state index in [9.17, 15) is 14.5 Å². The number of anilines is 1. The Morgan fingerprint density at radius 1 is 1.09 bits per heavy atom. The molecule has 1 aliphatic carbocycles. The van der Waals surface area contributed by atoms with Crippen LogP contribution < -0.4 is 5.32 Å². The number of hydrogen-bond acceptors (Lipinski definition) is 4. The Kier molecular flexibility index (Phi) is 5.78. The van der Waals surface area contributed by atoms with E-state index in [-0.39, 0.29) is 44.9 Å². The summed E-state index contributed by atoms with van der Waals surface area (Å²) in [7, 11) is 0. The zero-order chi connectivity index (χ0) is 22.4. The van der Waals surface area contributed by atoms with Gasteiger partial charge in [0.1, 0.15) is 5.82 Å². The van der Waals surface area contributed by atoms with Crippen LogP contribution in [0, 0.1) is 21.8 Å². The Balaban J connectivity index is 1.53. The molecule has 3 aromatic carbocycles. The van der Waals surface area contributed by atoms with E-state index in [1.807, 2.05) is 18.2 Å². The topological polar surface area (TPSA) is 55.2 Å². The summed E-state index contributed by atoms with van der Waals surface area (Å²) in [6.07, 6.45) is 0.760. The third-order valence-corrected chi connectivity index (χ3v) is 8.69. The molecule has 8 heteroatoms. The van der Waals surface area contributed by atoms with Crippen LogP contribution in [0.1, 0.15) is 29.5 Å². The molecule has 0 aromatic heterocycles. The number of para-hydroxylation sites is 1. The van der Waals surface area contributed by atoms with E-state index in [0.717, 1.165) is 23.2 Å². The molecule has 5 atom stereocenters. The lowest BCUT2D eigenvalue weighted by atomic mass is 9.77. The minimum Gasteiger partial charge on any atom is -0.378 e. The van der Waals surface area contributed by atoms with E-state index in [1.54, 1.807) is 30.3 Å². The lowest BCUT2D eigenvalue weighted by Crippen LogP contribution is -2.31. The van der Waals surface area contributed by atoms with Crippen molar-refractivity contribution in [3.63, 3.8) is 0 Å². The quantitative estimate of drug-likeness (QED) is 0.235. The Morgan fingerprint density at radius 2 is 1.84 bits per heavy atom. The second kappa shape index (κ2) is 8.58. The van der Waals surface area contributed by atoms with E-state index in [1.165, 1.54) is 30.0 Å². The molecule has 0 spiro atoms. The molecule has 1 fully saturated rings. The van der Waals surface area contributed by atoms with Crippen LogP contribution in [0.2, 0.25) is 5.02 Å². The average Bonchev–Trinajstić information content (AvgIpc) is 3.10. The lowest BCUT2D eigenvalue weighted by Gasteiger charge is -2.38. The van der Waals surface area contributed by atoms with Gasteiger partial charge in [-0.1, -0.05) is 35.9 Å². The van der Waals surface area contributed by atoms with Crippen molar-refractivity contribution in [2.75, 3.05) is 5.32 Å². The Morgan fingerprint density at radius 3 is 2.59 bits per heavy atom. The van der Waals surface area contributed by atoms with Gasteiger partial charge in [0.2, 0.25) is 0 Å². The third-order valence-electron chi connectivity index (χ3n) is 6.35. The molecule has 1 N–H and O–H groups in total. The zero-order valence-electron chi connectivity index (χ0n) is 16.8. The highest BCUT2D eigenvalue weighted by atomic mass is 35.5. The molecular weight excluding hydrogens is 470 g/mol. The SMILES string of the molecule is O=[N+]([O-])c1ccccc1S[C@@H]1C[C@H]2[C@@H](c3cc(Cl)ccc3N[C@H]2c2ccc(F)cc2)[C@H]1Cl. The first-order valence-corrected chi connectivity index (χ1v) is 12.0. The summed E-state index contributed by atoms with van der Waals surface area (Å²) in [4.78, 5) is 11.8. The largest absolute Gasteiger partial charge is 0.378 e. The zero-order valence-corrected chi connectivity index (χ0v) is 19.1. The van der Waals surface area contributed by atoms with E-state index < -0.39 is 0 Å². The molecule has 1 aliphatic heterocycles. The van der Waals surface area contributed by atoms with Gasteiger partial charge in [-0.15, -0.1) is 23.4 Å². The van der Waals surface area contributed by atoms with Crippen LogP contribution in [0.15, 0.2) is 71.6 Å². The van der Waals surface area contributed by atoms with Crippen LogP contribution in [-0.4, -0.2) is 15.6 Å². The molecule has 3 aromatic rings. The Bertz CT molecular complexity index is 1180. The van der Waals surface area contributed by atoms with Gasteiger partial charge in [-0.25, -0.2) is 4.39 Å². The molecule has 4 nitrogen and oxygen atoms in total. The van der Waals surface area contributed by atoms with Crippen molar-refractivity contribution >= 4 is 46.3 Å². The number of rotatable bonds is 4. The fourth-order valence-electron chi connectivity index (χ4n) is 4.96. The minimum absolute atomic E-state index is 0.0157. The van der Waals surface area contributed by atoms with Gasteiger partial charge in [-0.3, -0.25) is 10.1 Å². The van der Waals surface area contributed by atoms with Crippen molar-refractivity contribution in [2.24, 2.45) is 5.92 Å². The lowest BCUT2D eigenvalue weighted by molar-refractivity contribution is -0.387. The summed E-state index contributed by atoms with van der Waals surface area (Å²) in [6.45, 7) is 0. The van der Waals surface area contributed by atoms with Gasteiger partial charge in [0.05, 0.1) is 21.2 Å². The molecule has 0 unspecified atom stereocenters. The molecule has 0 amide bonds. The second-order valence-corrected chi connectivity index (χ2v) is 10.4. The van der Waals surface area contributed by atoms with Gasteiger partial charge in [-0.2, -0.15) is 0 Å². The number of alkyl halides is 1. The number of nitrogens with zero attached hydrogens (tertiary/aromatic N) is 1. The third kappa shape index (κ3) is 3.85. The van der Waals surface area contributed by atoms with Crippen LogP contribution in [0.3, 0.4) is 0 Å². The fourth-order valence-corrected chi connectivity index (χ4v) is 7.08. The predicted molar refractivity (Wildman–Crippen MR) is 127 cm³/mol. The van der Waals surface area contributed by atoms with Crippen molar-refractivity contribution in [1.29, 1.82) is 0 Å². The number of halogens is 3. The van der Waals surface area contributed by atoms with Crippen molar-refractivity contribution < 1.29 is 9.31 Å². The predicted octanol–water partition coefficient (Wildman–Crippen LogP) is 7.43. The fraction of sp³-hybridized carbons (Fsp3) is 0.250. The smallest absolute Gasteiger partial charge is 0.282 e. The normalized spacial score (nSPS) is 26.2. The molecule has 1 heterocycles. The Hall–Kier alpha value is -2.28. The number of fused-ring (bicyclic) bond motifs is 3. The summed E-state index contributed by atoms with van der Waals surface area (Å²) in [5.41, 5.74) is 3.11. The maximum absolute atomic E-state index is 13.6. The van der Waals surface area contributed by atoms with E-state index in [0.29, 0.717) is 9.92 Å². The van der Waals surface area contributed by atoms with Gasteiger partial charge >= 0.3 is 0 Å². The molecule has 2 aliphatic rings. The van der Waals surface area contributed by atoms with Crippen molar-refractivity contribution in [1.82, 2.24) is 0 Å². The number of nitro benzene ring substituents is 1. The molecule has 0 radical (unpaired) electrons. The van der Waals surface area contributed by atoms with Crippen LogP contribution in [-0.2, 0) is 0 Å². The molecule has 0 saturated heterocycles. The van der Waals surface area contributed by atoms with Gasteiger partial charge in [0.15, 0.2) is 0 Å². The van der Waals surface area contributed by atoms with Gasteiger partial charge in [0, 0.05) is 27.9 Å².